The monoisotopic (exact) mass is 1540 g/mol. The summed E-state index contributed by atoms with van der Waals surface area (Å²) >= 11 is 0. The van der Waals surface area contributed by atoms with Crippen LogP contribution in [0.15, 0.2) is 0 Å². The van der Waals surface area contributed by atoms with Crippen LogP contribution in [0.2, 0.25) is 0 Å². The van der Waals surface area contributed by atoms with Gasteiger partial charge in [-0.05, 0) is 43.4 Å². The van der Waals surface area contributed by atoms with Gasteiger partial charge in [0, 0.05) is 25.7 Å². The Labute approximate surface area is 645 Å². The number of carbonyl (C=O) groups excluding carboxylic acids is 4. The van der Waals surface area contributed by atoms with E-state index in [-0.39, 0.29) is 25.7 Å². The summed E-state index contributed by atoms with van der Waals surface area (Å²) in [5.41, 5.74) is 0. The molecule has 624 valence electrons. The van der Waals surface area contributed by atoms with Crippen molar-refractivity contribution < 1.29 is 80.2 Å². The normalized spacial score (nSPS) is 14.4. The lowest BCUT2D eigenvalue weighted by atomic mass is 9.99. The van der Waals surface area contributed by atoms with E-state index in [0.29, 0.717) is 25.7 Å². The Morgan fingerprint density at radius 3 is 0.724 bits per heavy atom. The molecule has 0 aliphatic heterocycles. The van der Waals surface area contributed by atoms with Crippen LogP contribution in [-0.2, 0) is 65.4 Å². The SMILES string of the molecule is CCCCCCCCCCCCCCCCC(=O)O[C@H](COC(=O)CCCCCCCCC(C)CC)COP(=O)(O)OC[C@H](O)COP(=O)(O)OC[C@@H](COC(=O)CCCCCCCCCCCCCCCCCCC(C)C)OC(=O)CCCCCCCCCCCCCCCCCCCCC(C)CC. The lowest BCUT2D eigenvalue weighted by Gasteiger charge is -2.21. The van der Waals surface area contributed by atoms with Gasteiger partial charge in [-0.15, -0.1) is 0 Å². The number of aliphatic hydroxyl groups is 1. The highest BCUT2D eigenvalue weighted by Crippen LogP contribution is 2.45. The summed E-state index contributed by atoms with van der Waals surface area (Å²) in [6, 6.07) is 0. The third-order valence-corrected chi connectivity index (χ3v) is 22.8. The van der Waals surface area contributed by atoms with E-state index < -0.39 is 97.5 Å². The van der Waals surface area contributed by atoms with Gasteiger partial charge in [-0.25, -0.2) is 9.13 Å². The fourth-order valence-corrected chi connectivity index (χ4v) is 14.9. The third-order valence-electron chi connectivity index (χ3n) is 20.9. The van der Waals surface area contributed by atoms with E-state index in [0.717, 1.165) is 114 Å². The molecule has 0 saturated carbocycles. The van der Waals surface area contributed by atoms with Gasteiger partial charge in [0.2, 0.25) is 0 Å². The van der Waals surface area contributed by atoms with Crippen molar-refractivity contribution in [3.05, 3.63) is 0 Å². The maximum Gasteiger partial charge on any atom is 0.472 e. The molecule has 0 radical (unpaired) electrons. The molecule has 0 aliphatic carbocycles. The number of phosphoric ester groups is 2. The summed E-state index contributed by atoms with van der Waals surface area (Å²) in [5, 5.41) is 10.7. The summed E-state index contributed by atoms with van der Waals surface area (Å²) in [6.45, 7) is 12.0. The van der Waals surface area contributed by atoms with Crippen molar-refractivity contribution in [1.29, 1.82) is 0 Å². The Hall–Kier alpha value is -1.94. The van der Waals surface area contributed by atoms with E-state index in [1.807, 2.05) is 0 Å². The molecule has 0 aromatic rings. The molecular weight excluding hydrogens is 1370 g/mol. The molecule has 105 heavy (non-hydrogen) atoms. The van der Waals surface area contributed by atoms with Gasteiger partial charge >= 0.3 is 39.5 Å². The second-order valence-corrected chi connectivity index (χ2v) is 34.8. The van der Waals surface area contributed by atoms with Crippen LogP contribution in [0.25, 0.3) is 0 Å². The van der Waals surface area contributed by atoms with Crippen LogP contribution < -0.4 is 0 Å². The Morgan fingerprint density at radius 1 is 0.276 bits per heavy atom. The zero-order valence-electron chi connectivity index (χ0n) is 69.2. The maximum absolute atomic E-state index is 13.1. The standard InChI is InChI=1S/C86H168O17P2/c1-8-11-12-13-14-15-16-17-30-36-41-46-55-62-69-86(91)103-82(74-97-84(89)68-61-54-49-48-52-59-66-79(7)10-3)76-101-105(94,95)99-72-80(87)71-98-104(92,93)100-75-81(73-96-83(88)67-60-53-45-40-35-31-26-23-22-24-28-33-38-43-50-57-64-77(4)5)102-85(90)70-63-56-47-42-37-32-27-21-19-18-20-25-29-34-39-44-51-58-65-78(6)9-2/h77-82,87H,8-76H2,1-7H3,(H,92,93)(H,94,95)/t78?,79?,80-,81-,82-/m1/s1. The zero-order chi connectivity index (χ0) is 77.2. The largest absolute Gasteiger partial charge is 0.472 e. The van der Waals surface area contributed by atoms with Crippen LogP contribution in [0.4, 0.5) is 0 Å². The summed E-state index contributed by atoms with van der Waals surface area (Å²) in [4.78, 5) is 73.2. The molecule has 0 spiro atoms. The Kier molecular flexibility index (Phi) is 74.7. The number of hydrogen-bond acceptors (Lipinski definition) is 15. The first-order chi connectivity index (χ1) is 50.8. The highest BCUT2D eigenvalue weighted by atomic mass is 31.2. The molecule has 0 amide bonds. The number of ether oxygens (including phenoxy) is 4. The van der Waals surface area contributed by atoms with Crippen LogP contribution in [0, 0.1) is 17.8 Å². The minimum atomic E-state index is -4.97. The van der Waals surface area contributed by atoms with Gasteiger partial charge in [0.25, 0.3) is 0 Å². The van der Waals surface area contributed by atoms with Crippen LogP contribution in [0.5, 0.6) is 0 Å². The quantitative estimate of drug-likeness (QED) is 0.0222. The van der Waals surface area contributed by atoms with Crippen LogP contribution in [0.1, 0.15) is 453 Å². The predicted molar refractivity (Wildman–Crippen MR) is 432 cm³/mol. The van der Waals surface area contributed by atoms with Gasteiger partial charge in [0.15, 0.2) is 12.2 Å². The summed E-state index contributed by atoms with van der Waals surface area (Å²) in [6.07, 6.45) is 66.7. The molecule has 0 bridgehead atoms. The number of rotatable bonds is 84. The van der Waals surface area contributed by atoms with Crippen molar-refractivity contribution >= 4 is 39.5 Å². The topological polar surface area (TPSA) is 237 Å². The molecule has 0 aromatic heterocycles. The number of hydrogen-bond donors (Lipinski definition) is 3. The Morgan fingerprint density at radius 2 is 0.486 bits per heavy atom. The number of aliphatic hydroxyl groups excluding tert-OH is 1. The lowest BCUT2D eigenvalue weighted by molar-refractivity contribution is -0.161. The fraction of sp³-hybridized carbons (Fsp3) is 0.953. The zero-order valence-corrected chi connectivity index (χ0v) is 71.0. The van der Waals surface area contributed by atoms with E-state index in [2.05, 4.69) is 48.5 Å². The van der Waals surface area contributed by atoms with E-state index in [4.69, 9.17) is 37.0 Å². The van der Waals surface area contributed by atoms with Crippen molar-refractivity contribution in [2.24, 2.45) is 17.8 Å². The highest BCUT2D eigenvalue weighted by molar-refractivity contribution is 7.47. The number of phosphoric acid groups is 2. The molecule has 3 N–H and O–H groups in total. The van der Waals surface area contributed by atoms with Crippen LogP contribution in [0.3, 0.4) is 0 Å². The second kappa shape index (κ2) is 76.1. The molecule has 0 fully saturated rings. The molecule has 4 unspecified atom stereocenters. The highest BCUT2D eigenvalue weighted by Gasteiger charge is 2.30. The third kappa shape index (κ3) is 77.2. The van der Waals surface area contributed by atoms with Gasteiger partial charge < -0.3 is 33.8 Å². The smallest absolute Gasteiger partial charge is 0.462 e. The molecule has 0 aromatic carbocycles. The van der Waals surface area contributed by atoms with Crippen LogP contribution >= 0.6 is 15.6 Å². The van der Waals surface area contributed by atoms with Gasteiger partial charge in [0.05, 0.1) is 26.4 Å². The molecule has 0 aliphatic rings. The fourth-order valence-electron chi connectivity index (χ4n) is 13.3. The summed E-state index contributed by atoms with van der Waals surface area (Å²) in [7, 11) is -9.93. The van der Waals surface area contributed by atoms with E-state index in [1.165, 1.54) is 257 Å². The molecule has 7 atom stereocenters. The Balaban J connectivity index is 5.22. The van der Waals surface area contributed by atoms with Gasteiger partial charge in [-0.2, -0.15) is 0 Å². The van der Waals surface area contributed by atoms with Crippen molar-refractivity contribution in [3.8, 4) is 0 Å². The molecule has 19 heteroatoms. The summed E-state index contributed by atoms with van der Waals surface area (Å²) < 4.78 is 68.9. The van der Waals surface area contributed by atoms with E-state index in [9.17, 15) is 43.2 Å². The van der Waals surface area contributed by atoms with Gasteiger partial charge in [-0.1, -0.05) is 402 Å². The molecule has 0 saturated heterocycles. The van der Waals surface area contributed by atoms with Gasteiger partial charge in [-0.3, -0.25) is 37.3 Å². The molecule has 17 nitrogen and oxygen atoms in total. The Bertz CT molecular complexity index is 2030. The van der Waals surface area contributed by atoms with Crippen LogP contribution in [-0.4, -0.2) is 96.7 Å². The number of esters is 4. The van der Waals surface area contributed by atoms with Crippen molar-refractivity contribution in [2.45, 2.75) is 471 Å². The van der Waals surface area contributed by atoms with E-state index in [1.54, 1.807) is 0 Å². The van der Waals surface area contributed by atoms with Crippen molar-refractivity contribution in [3.63, 3.8) is 0 Å². The first-order valence-electron chi connectivity index (χ1n) is 44.4. The molecule has 0 heterocycles. The van der Waals surface area contributed by atoms with Crippen molar-refractivity contribution in [2.75, 3.05) is 39.6 Å². The molecule has 0 rings (SSSR count). The maximum atomic E-state index is 13.1. The lowest BCUT2D eigenvalue weighted by Crippen LogP contribution is -2.30. The first kappa shape index (κ1) is 103. The minimum Gasteiger partial charge on any atom is -0.462 e. The number of unbranched alkanes of at least 4 members (excludes halogenated alkanes) is 50. The molecular formula is C86H168O17P2. The summed E-state index contributed by atoms with van der Waals surface area (Å²) in [5.74, 6) is 0.309. The average molecular weight is 1540 g/mol. The van der Waals surface area contributed by atoms with E-state index >= 15 is 0 Å². The predicted octanol–water partition coefficient (Wildman–Crippen LogP) is 26.1. The van der Waals surface area contributed by atoms with Crippen molar-refractivity contribution in [1.82, 2.24) is 0 Å². The number of carbonyl (C=O) groups is 4. The minimum absolute atomic E-state index is 0.107. The average Bonchev–Trinajstić information content (AvgIpc) is 0.936. The first-order valence-corrected chi connectivity index (χ1v) is 47.4. The van der Waals surface area contributed by atoms with Gasteiger partial charge in [0.1, 0.15) is 19.3 Å². The second-order valence-electron chi connectivity index (χ2n) is 31.9.